The molecule has 0 bridgehead atoms. The molecule has 5 nitrogen and oxygen atoms in total. The number of thiazole rings is 1. The molecule has 0 unspecified atom stereocenters. The van der Waals surface area contributed by atoms with Gasteiger partial charge in [0.25, 0.3) is 5.91 Å². The standard InChI is InChI=1S/C15H13FN4OS/c1-19(15(21)14-9-22-10-17-14)7-11-6-18-20(8-11)13-4-2-12(16)3-5-13/h2-6,8-10H,7H2,1H3. The number of rotatable bonds is 4. The van der Waals surface area contributed by atoms with Crippen molar-refractivity contribution in [2.24, 2.45) is 0 Å². The highest BCUT2D eigenvalue weighted by molar-refractivity contribution is 7.07. The predicted octanol–water partition coefficient (Wildman–Crippen LogP) is 2.74. The van der Waals surface area contributed by atoms with E-state index in [0.29, 0.717) is 12.2 Å². The van der Waals surface area contributed by atoms with Gasteiger partial charge in [0.1, 0.15) is 11.5 Å². The lowest BCUT2D eigenvalue weighted by Crippen LogP contribution is -2.26. The number of hydrogen-bond acceptors (Lipinski definition) is 4. The summed E-state index contributed by atoms with van der Waals surface area (Å²) in [6.45, 7) is 0.428. The zero-order valence-electron chi connectivity index (χ0n) is 11.8. The van der Waals surface area contributed by atoms with E-state index in [1.54, 1.807) is 45.8 Å². The van der Waals surface area contributed by atoms with Gasteiger partial charge in [0, 0.05) is 30.7 Å². The lowest BCUT2D eigenvalue weighted by atomic mass is 10.3. The summed E-state index contributed by atoms with van der Waals surface area (Å²) in [6, 6.07) is 6.07. The van der Waals surface area contributed by atoms with Crippen molar-refractivity contribution in [3.05, 3.63) is 64.6 Å². The number of carbonyl (C=O) groups excluding carboxylic acids is 1. The highest BCUT2D eigenvalue weighted by Crippen LogP contribution is 2.12. The molecule has 0 atom stereocenters. The molecule has 0 saturated carbocycles. The lowest BCUT2D eigenvalue weighted by molar-refractivity contribution is 0.0780. The first-order chi connectivity index (χ1) is 10.6. The van der Waals surface area contributed by atoms with Crippen molar-refractivity contribution in [2.75, 3.05) is 7.05 Å². The van der Waals surface area contributed by atoms with Crippen molar-refractivity contribution in [3.63, 3.8) is 0 Å². The Morgan fingerprint density at radius 2 is 2.14 bits per heavy atom. The van der Waals surface area contributed by atoms with E-state index in [-0.39, 0.29) is 11.7 Å². The number of hydrogen-bond donors (Lipinski definition) is 0. The molecule has 3 aromatic rings. The van der Waals surface area contributed by atoms with E-state index in [4.69, 9.17) is 0 Å². The third kappa shape index (κ3) is 3.04. The second-order valence-corrected chi connectivity index (χ2v) is 5.52. The van der Waals surface area contributed by atoms with Crippen molar-refractivity contribution in [1.82, 2.24) is 19.7 Å². The SMILES string of the molecule is CN(Cc1cnn(-c2ccc(F)cc2)c1)C(=O)c1cscn1. The van der Waals surface area contributed by atoms with Crippen LogP contribution in [0.4, 0.5) is 4.39 Å². The van der Waals surface area contributed by atoms with Crippen molar-refractivity contribution in [3.8, 4) is 5.69 Å². The van der Waals surface area contributed by atoms with Crippen LogP contribution in [0.5, 0.6) is 0 Å². The smallest absolute Gasteiger partial charge is 0.273 e. The number of nitrogens with zero attached hydrogens (tertiary/aromatic N) is 4. The van der Waals surface area contributed by atoms with Gasteiger partial charge in [-0.2, -0.15) is 5.10 Å². The third-order valence-electron chi connectivity index (χ3n) is 3.15. The van der Waals surface area contributed by atoms with E-state index in [0.717, 1.165) is 11.3 Å². The molecular formula is C15H13FN4OS. The Morgan fingerprint density at radius 1 is 1.36 bits per heavy atom. The Balaban J connectivity index is 1.71. The highest BCUT2D eigenvalue weighted by atomic mass is 32.1. The Kier molecular flexibility index (Phi) is 3.97. The van der Waals surface area contributed by atoms with Gasteiger partial charge in [-0.1, -0.05) is 0 Å². The zero-order chi connectivity index (χ0) is 15.5. The van der Waals surface area contributed by atoms with Crippen LogP contribution in [0.25, 0.3) is 5.69 Å². The van der Waals surface area contributed by atoms with Crippen molar-refractivity contribution >= 4 is 17.2 Å². The Hall–Kier alpha value is -2.54. The molecule has 2 aromatic heterocycles. The van der Waals surface area contributed by atoms with Crippen LogP contribution in [-0.4, -0.2) is 32.6 Å². The fourth-order valence-corrected chi connectivity index (χ4v) is 2.56. The maximum atomic E-state index is 12.9. The first-order valence-electron chi connectivity index (χ1n) is 6.56. The number of carbonyl (C=O) groups is 1. The van der Waals surface area contributed by atoms with E-state index in [2.05, 4.69) is 10.1 Å². The zero-order valence-corrected chi connectivity index (χ0v) is 12.6. The van der Waals surface area contributed by atoms with Crippen LogP contribution < -0.4 is 0 Å². The minimum Gasteiger partial charge on any atom is -0.336 e. The quantitative estimate of drug-likeness (QED) is 0.743. The average molecular weight is 316 g/mol. The number of halogens is 1. The van der Waals surface area contributed by atoms with Gasteiger partial charge in [-0.15, -0.1) is 11.3 Å². The van der Waals surface area contributed by atoms with E-state index >= 15 is 0 Å². The fraction of sp³-hybridized carbons (Fsp3) is 0.133. The second kappa shape index (κ2) is 6.07. The van der Waals surface area contributed by atoms with E-state index in [1.807, 2.05) is 6.20 Å². The molecule has 0 spiro atoms. The van der Waals surface area contributed by atoms with E-state index in [9.17, 15) is 9.18 Å². The topological polar surface area (TPSA) is 51.0 Å². The molecule has 0 aliphatic rings. The summed E-state index contributed by atoms with van der Waals surface area (Å²) in [4.78, 5) is 17.7. The van der Waals surface area contributed by atoms with Gasteiger partial charge >= 0.3 is 0 Å². The van der Waals surface area contributed by atoms with Crippen LogP contribution in [0.3, 0.4) is 0 Å². The third-order valence-corrected chi connectivity index (χ3v) is 3.73. The van der Waals surface area contributed by atoms with Gasteiger partial charge in [0.2, 0.25) is 0 Å². The Labute approximate surface area is 130 Å². The van der Waals surface area contributed by atoms with Crippen LogP contribution in [-0.2, 0) is 6.54 Å². The first-order valence-corrected chi connectivity index (χ1v) is 7.51. The molecule has 0 aliphatic carbocycles. The molecule has 1 aromatic carbocycles. The van der Waals surface area contributed by atoms with Crippen molar-refractivity contribution in [1.29, 1.82) is 0 Å². The maximum absolute atomic E-state index is 12.9. The fourth-order valence-electron chi connectivity index (χ4n) is 2.04. The van der Waals surface area contributed by atoms with Crippen LogP contribution >= 0.6 is 11.3 Å². The minimum absolute atomic E-state index is 0.129. The highest BCUT2D eigenvalue weighted by Gasteiger charge is 2.14. The maximum Gasteiger partial charge on any atom is 0.273 e. The molecular weight excluding hydrogens is 303 g/mol. The molecule has 0 saturated heterocycles. The summed E-state index contributed by atoms with van der Waals surface area (Å²) in [5.41, 5.74) is 3.73. The number of amides is 1. The summed E-state index contributed by atoms with van der Waals surface area (Å²) in [6.07, 6.45) is 3.51. The lowest BCUT2D eigenvalue weighted by Gasteiger charge is -2.14. The molecule has 7 heteroatoms. The molecule has 2 heterocycles. The normalized spacial score (nSPS) is 10.6. The monoisotopic (exact) mass is 316 g/mol. The largest absolute Gasteiger partial charge is 0.336 e. The average Bonchev–Trinajstić information content (AvgIpc) is 3.18. The summed E-state index contributed by atoms with van der Waals surface area (Å²) >= 11 is 1.39. The van der Waals surface area contributed by atoms with Crippen LogP contribution in [0.1, 0.15) is 16.1 Å². The van der Waals surface area contributed by atoms with E-state index < -0.39 is 0 Å². The molecule has 0 aliphatic heterocycles. The summed E-state index contributed by atoms with van der Waals surface area (Å²) in [7, 11) is 1.72. The number of aromatic nitrogens is 3. The minimum atomic E-state index is -0.287. The molecule has 0 radical (unpaired) electrons. The van der Waals surface area contributed by atoms with Crippen molar-refractivity contribution in [2.45, 2.75) is 6.54 Å². The van der Waals surface area contributed by atoms with Gasteiger partial charge in [0.05, 0.1) is 17.4 Å². The van der Waals surface area contributed by atoms with Gasteiger partial charge in [0.15, 0.2) is 0 Å². The summed E-state index contributed by atoms with van der Waals surface area (Å²) < 4.78 is 14.6. The second-order valence-electron chi connectivity index (χ2n) is 4.80. The molecule has 1 amide bonds. The van der Waals surface area contributed by atoms with Crippen molar-refractivity contribution < 1.29 is 9.18 Å². The summed E-state index contributed by atoms with van der Waals surface area (Å²) in [5, 5.41) is 5.96. The van der Waals surface area contributed by atoms with Gasteiger partial charge in [-0.05, 0) is 24.3 Å². The van der Waals surface area contributed by atoms with Crippen LogP contribution in [0.15, 0.2) is 47.5 Å². The molecule has 0 fully saturated rings. The number of benzene rings is 1. The van der Waals surface area contributed by atoms with Gasteiger partial charge < -0.3 is 4.90 Å². The van der Waals surface area contributed by atoms with E-state index in [1.165, 1.54) is 23.5 Å². The Morgan fingerprint density at radius 3 is 2.82 bits per heavy atom. The summed E-state index contributed by atoms with van der Waals surface area (Å²) in [5.74, 6) is -0.416. The molecule has 22 heavy (non-hydrogen) atoms. The van der Waals surface area contributed by atoms with Crippen LogP contribution in [0, 0.1) is 5.82 Å². The first kappa shape index (κ1) is 14.4. The molecule has 3 rings (SSSR count). The van der Waals surface area contributed by atoms with Gasteiger partial charge in [-0.25, -0.2) is 14.1 Å². The predicted molar refractivity (Wildman–Crippen MR) is 81.4 cm³/mol. The molecule has 112 valence electrons. The molecule has 0 N–H and O–H groups in total. The van der Waals surface area contributed by atoms with Crippen LogP contribution in [0.2, 0.25) is 0 Å². The van der Waals surface area contributed by atoms with Gasteiger partial charge in [-0.3, -0.25) is 4.79 Å². The Bertz CT molecular complexity index is 767.